The number of benzene rings is 2. The number of thiazole rings is 1. The molecule has 1 N–H and O–H groups in total. The minimum Gasteiger partial charge on any atom is -0.372 e. The normalized spacial score (nSPS) is 10.7. The largest absolute Gasteiger partial charge is 0.372 e. The summed E-state index contributed by atoms with van der Waals surface area (Å²) < 4.78 is 13.2. The van der Waals surface area contributed by atoms with Gasteiger partial charge in [-0.05, 0) is 44.2 Å². The van der Waals surface area contributed by atoms with E-state index in [1.54, 1.807) is 12.1 Å². The van der Waals surface area contributed by atoms with E-state index in [0.29, 0.717) is 5.69 Å². The Balaban J connectivity index is 1.75. The van der Waals surface area contributed by atoms with Crippen LogP contribution in [0.5, 0.6) is 0 Å². The van der Waals surface area contributed by atoms with E-state index >= 15 is 0 Å². The van der Waals surface area contributed by atoms with Crippen molar-refractivity contribution in [1.29, 1.82) is 0 Å². The molecule has 0 saturated carbocycles. The van der Waals surface area contributed by atoms with Gasteiger partial charge in [0.25, 0.3) is 0 Å². The second-order valence-electron chi connectivity index (χ2n) is 5.51. The average Bonchev–Trinajstić information content (AvgIpc) is 3.08. The number of nitrogens with one attached hydrogen (secondary N) is 1. The SMILES string of the molecule is CCN(CC)c1ccc(-c2csc(Nc3ccc(F)c(Cl)c3)n2)cc1. The van der Waals surface area contributed by atoms with Crippen molar-refractivity contribution >= 4 is 39.4 Å². The van der Waals surface area contributed by atoms with Crippen molar-refractivity contribution in [2.75, 3.05) is 23.3 Å². The van der Waals surface area contributed by atoms with Crippen molar-refractivity contribution in [3.05, 3.63) is 58.7 Å². The summed E-state index contributed by atoms with van der Waals surface area (Å²) in [5, 5.41) is 5.99. The molecule has 0 radical (unpaired) electrons. The first-order valence-corrected chi connectivity index (χ1v) is 9.39. The number of halogens is 2. The summed E-state index contributed by atoms with van der Waals surface area (Å²) in [6.45, 7) is 6.27. The lowest BCUT2D eigenvalue weighted by molar-refractivity contribution is 0.628. The first-order valence-electron chi connectivity index (χ1n) is 8.13. The summed E-state index contributed by atoms with van der Waals surface area (Å²) in [6.07, 6.45) is 0. The van der Waals surface area contributed by atoms with Gasteiger partial charge in [-0.3, -0.25) is 0 Å². The Kier molecular flexibility index (Phi) is 5.56. The lowest BCUT2D eigenvalue weighted by Gasteiger charge is -2.20. The Morgan fingerprint density at radius 2 is 1.84 bits per heavy atom. The molecule has 0 fully saturated rings. The topological polar surface area (TPSA) is 28.2 Å². The molecule has 0 bridgehead atoms. The molecule has 0 saturated heterocycles. The van der Waals surface area contributed by atoms with Crippen LogP contribution in [0.3, 0.4) is 0 Å². The van der Waals surface area contributed by atoms with Crippen molar-refractivity contribution in [3.8, 4) is 11.3 Å². The standard InChI is InChI=1S/C19H19ClFN3S/c1-3-24(4-2)15-8-5-13(6-9-15)18-12-25-19(23-18)22-14-7-10-17(21)16(20)11-14/h5-12H,3-4H2,1-2H3,(H,22,23). The van der Waals surface area contributed by atoms with E-state index in [-0.39, 0.29) is 5.02 Å². The fourth-order valence-electron chi connectivity index (χ4n) is 2.59. The van der Waals surface area contributed by atoms with Crippen LogP contribution in [0.4, 0.5) is 20.9 Å². The molecule has 3 rings (SSSR count). The number of anilines is 3. The van der Waals surface area contributed by atoms with Gasteiger partial charge in [0.2, 0.25) is 0 Å². The molecule has 3 aromatic rings. The van der Waals surface area contributed by atoms with Gasteiger partial charge in [0, 0.05) is 35.4 Å². The van der Waals surface area contributed by atoms with Crippen LogP contribution in [0.25, 0.3) is 11.3 Å². The molecule has 130 valence electrons. The second kappa shape index (κ2) is 7.85. The smallest absolute Gasteiger partial charge is 0.187 e. The van der Waals surface area contributed by atoms with E-state index in [4.69, 9.17) is 11.6 Å². The highest BCUT2D eigenvalue weighted by Gasteiger charge is 2.08. The number of aromatic nitrogens is 1. The van der Waals surface area contributed by atoms with Gasteiger partial charge >= 0.3 is 0 Å². The molecule has 1 aromatic heterocycles. The maximum Gasteiger partial charge on any atom is 0.187 e. The molecule has 0 spiro atoms. The number of rotatable bonds is 6. The van der Waals surface area contributed by atoms with Crippen LogP contribution in [-0.4, -0.2) is 18.1 Å². The van der Waals surface area contributed by atoms with Gasteiger partial charge in [-0.15, -0.1) is 11.3 Å². The second-order valence-corrected chi connectivity index (χ2v) is 6.78. The lowest BCUT2D eigenvalue weighted by Crippen LogP contribution is -2.21. The molecule has 0 atom stereocenters. The monoisotopic (exact) mass is 375 g/mol. The number of nitrogens with zero attached hydrogens (tertiary/aromatic N) is 2. The fraction of sp³-hybridized carbons (Fsp3) is 0.211. The van der Waals surface area contributed by atoms with Crippen molar-refractivity contribution in [2.45, 2.75) is 13.8 Å². The highest BCUT2D eigenvalue weighted by molar-refractivity contribution is 7.14. The van der Waals surface area contributed by atoms with E-state index in [1.807, 2.05) is 5.38 Å². The van der Waals surface area contributed by atoms with Crippen LogP contribution in [-0.2, 0) is 0 Å². The first kappa shape index (κ1) is 17.7. The summed E-state index contributed by atoms with van der Waals surface area (Å²) in [4.78, 5) is 6.90. The molecule has 25 heavy (non-hydrogen) atoms. The molecular weight excluding hydrogens is 357 g/mol. The van der Waals surface area contributed by atoms with Crippen molar-refractivity contribution in [2.24, 2.45) is 0 Å². The highest BCUT2D eigenvalue weighted by atomic mass is 35.5. The van der Waals surface area contributed by atoms with Gasteiger partial charge < -0.3 is 10.2 Å². The lowest BCUT2D eigenvalue weighted by atomic mass is 10.1. The van der Waals surface area contributed by atoms with Crippen LogP contribution in [0.1, 0.15) is 13.8 Å². The molecule has 3 nitrogen and oxygen atoms in total. The summed E-state index contributed by atoms with van der Waals surface area (Å²) in [5.74, 6) is -0.430. The van der Waals surface area contributed by atoms with Crippen LogP contribution >= 0.6 is 22.9 Å². The third-order valence-electron chi connectivity index (χ3n) is 3.97. The Morgan fingerprint density at radius 3 is 2.48 bits per heavy atom. The van der Waals surface area contributed by atoms with E-state index in [0.717, 1.165) is 29.5 Å². The van der Waals surface area contributed by atoms with Gasteiger partial charge in [-0.25, -0.2) is 9.37 Å². The zero-order valence-corrected chi connectivity index (χ0v) is 15.7. The van der Waals surface area contributed by atoms with E-state index in [2.05, 4.69) is 53.3 Å². The van der Waals surface area contributed by atoms with E-state index in [1.165, 1.54) is 23.1 Å². The molecule has 0 aliphatic heterocycles. The van der Waals surface area contributed by atoms with Crippen molar-refractivity contribution in [3.63, 3.8) is 0 Å². The van der Waals surface area contributed by atoms with Gasteiger partial charge in [0.05, 0.1) is 10.7 Å². The number of hydrogen-bond donors (Lipinski definition) is 1. The van der Waals surface area contributed by atoms with E-state index < -0.39 is 5.82 Å². The molecule has 0 unspecified atom stereocenters. The maximum absolute atomic E-state index is 13.2. The molecule has 0 amide bonds. The van der Waals surface area contributed by atoms with E-state index in [9.17, 15) is 4.39 Å². The summed E-state index contributed by atoms with van der Waals surface area (Å²) in [5.41, 5.74) is 3.90. The van der Waals surface area contributed by atoms with Crippen LogP contribution in [0.2, 0.25) is 5.02 Å². The molecular formula is C19H19ClFN3S. The number of hydrogen-bond acceptors (Lipinski definition) is 4. The third kappa shape index (κ3) is 4.11. The van der Waals surface area contributed by atoms with Gasteiger partial charge in [-0.1, -0.05) is 23.7 Å². The van der Waals surface area contributed by atoms with Crippen LogP contribution in [0, 0.1) is 5.82 Å². The quantitative estimate of drug-likeness (QED) is 0.556. The van der Waals surface area contributed by atoms with Crippen molar-refractivity contribution < 1.29 is 4.39 Å². The summed E-state index contributed by atoms with van der Waals surface area (Å²) in [7, 11) is 0. The molecule has 2 aromatic carbocycles. The zero-order chi connectivity index (χ0) is 17.8. The van der Waals surface area contributed by atoms with Gasteiger partial charge in [0.1, 0.15) is 5.82 Å². The maximum atomic E-state index is 13.2. The fourth-order valence-corrected chi connectivity index (χ4v) is 3.51. The van der Waals surface area contributed by atoms with Crippen LogP contribution < -0.4 is 10.2 Å². The molecule has 1 heterocycles. The Labute approximate surface area is 156 Å². The molecule has 0 aliphatic rings. The Hall–Kier alpha value is -2.11. The average molecular weight is 376 g/mol. The Morgan fingerprint density at radius 1 is 1.12 bits per heavy atom. The highest BCUT2D eigenvalue weighted by Crippen LogP contribution is 2.29. The Bertz CT molecular complexity index is 844. The predicted molar refractivity (Wildman–Crippen MR) is 106 cm³/mol. The minimum atomic E-state index is -0.430. The minimum absolute atomic E-state index is 0.0915. The molecule has 0 aliphatic carbocycles. The van der Waals surface area contributed by atoms with Gasteiger partial charge in [0.15, 0.2) is 5.13 Å². The summed E-state index contributed by atoms with van der Waals surface area (Å²) >= 11 is 7.31. The van der Waals surface area contributed by atoms with Crippen LogP contribution in [0.15, 0.2) is 47.8 Å². The predicted octanol–water partition coefficient (Wildman–Crippen LogP) is 6.19. The van der Waals surface area contributed by atoms with Crippen molar-refractivity contribution in [1.82, 2.24) is 4.98 Å². The molecule has 6 heteroatoms. The van der Waals surface area contributed by atoms with Gasteiger partial charge in [-0.2, -0.15) is 0 Å². The first-order chi connectivity index (χ1) is 12.1. The zero-order valence-electron chi connectivity index (χ0n) is 14.1. The summed E-state index contributed by atoms with van der Waals surface area (Å²) in [6, 6.07) is 12.9. The third-order valence-corrected chi connectivity index (χ3v) is 5.01.